The number of ether oxygens (including phenoxy) is 1. The van der Waals surface area contributed by atoms with Crippen molar-refractivity contribution in [2.24, 2.45) is 5.41 Å². The van der Waals surface area contributed by atoms with Crippen LogP contribution in [0.5, 0.6) is 5.75 Å². The SMILES string of the molecule is CC(C)(C#N)CCOc1ccc(Br)cc1CO. The molecule has 0 saturated heterocycles. The topological polar surface area (TPSA) is 53.2 Å². The summed E-state index contributed by atoms with van der Waals surface area (Å²) in [7, 11) is 0. The van der Waals surface area contributed by atoms with Gasteiger partial charge in [-0.1, -0.05) is 15.9 Å². The Morgan fingerprint density at radius 1 is 1.47 bits per heavy atom. The van der Waals surface area contributed by atoms with Crippen LogP contribution in [0.2, 0.25) is 0 Å². The summed E-state index contributed by atoms with van der Waals surface area (Å²) in [6.07, 6.45) is 0.657. The number of hydrogen-bond acceptors (Lipinski definition) is 3. The van der Waals surface area contributed by atoms with Gasteiger partial charge in [0.2, 0.25) is 0 Å². The average Bonchev–Trinajstić information content (AvgIpc) is 2.30. The fraction of sp³-hybridized carbons (Fsp3) is 0.462. The van der Waals surface area contributed by atoms with E-state index in [4.69, 9.17) is 10.00 Å². The van der Waals surface area contributed by atoms with Crippen molar-refractivity contribution >= 4 is 15.9 Å². The average molecular weight is 298 g/mol. The number of aliphatic hydroxyl groups is 1. The van der Waals surface area contributed by atoms with Crippen molar-refractivity contribution in [3.8, 4) is 11.8 Å². The lowest BCUT2D eigenvalue weighted by molar-refractivity contribution is 0.244. The van der Waals surface area contributed by atoms with Gasteiger partial charge in [0.05, 0.1) is 24.7 Å². The Hall–Kier alpha value is -1.05. The van der Waals surface area contributed by atoms with Gasteiger partial charge in [-0.15, -0.1) is 0 Å². The second-order valence-corrected chi connectivity index (χ2v) is 5.42. The molecule has 0 aliphatic carbocycles. The van der Waals surface area contributed by atoms with E-state index >= 15 is 0 Å². The lowest BCUT2D eigenvalue weighted by atomic mass is 9.92. The van der Waals surface area contributed by atoms with Crippen LogP contribution in [0, 0.1) is 16.7 Å². The third-order valence-electron chi connectivity index (χ3n) is 2.48. The molecular weight excluding hydrogens is 282 g/mol. The van der Waals surface area contributed by atoms with E-state index in [1.54, 1.807) is 0 Å². The highest BCUT2D eigenvalue weighted by atomic mass is 79.9. The number of nitrogens with zero attached hydrogens (tertiary/aromatic N) is 1. The molecule has 0 radical (unpaired) electrons. The van der Waals surface area contributed by atoms with Gasteiger partial charge >= 0.3 is 0 Å². The molecular formula is C13H16BrNO2. The quantitative estimate of drug-likeness (QED) is 0.907. The summed E-state index contributed by atoms with van der Waals surface area (Å²) in [5.41, 5.74) is 0.364. The Kier molecular flexibility index (Phi) is 4.98. The molecule has 1 N–H and O–H groups in total. The van der Waals surface area contributed by atoms with E-state index < -0.39 is 0 Å². The first kappa shape index (κ1) is 14.0. The molecule has 1 aromatic carbocycles. The summed E-state index contributed by atoms with van der Waals surface area (Å²) in [5, 5.41) is 18.1. The number of aliphatic hydroxyl groups excluding tert-OH is 1. The van der Waals surface area contributed by atoms with Crippen LogP contribution < -0.4 is 4.74 Å². The number of nitriles is 1. The van der Waals surface area contributed by atoms with E-state index in [0.717, 1.165) is 10.0 Å². The molecule has 1 rings (SSSR count). The molecule has 0 aromatic heterocycles. The Bertz CT molecular complexity index is 424. The van der Waals surface area contributed by atoms with Crippen molar-refractivity contribution in [1.82, 2.24) is 0 Å². The van der Waals surface area contributed by atoms with Gasteiger partial charge in [0.15, 0.2) is 0 Å². The van der Waals surface area contributed by atoms with Crippen LogP contribution in [-0.4, -0.2) is 11.7 Å². The minimum atomic E-state index is -0.380. The van der Waals surface area contributed by atoms with Crippen LogP contribution in [0.15, 0.2) is 22.7 Å². The number of hydrogen-bond donors (Lipinski definition) is 1. The van der Waals surface area contributed by atoms with Crippen molar-refractivity contribution in [2.75, 3.05) is 6.61 Å². The van der Waals surface area contributed by atoms with Gasteiger partial charge in [-0.3, -0.25) is 0 Å². The van der Waals surface area contributed by atoms with E-state index in [1.165, 1.54) is 0 Å². The summed E-state index contributed by atoms with van der Waals surface area (Å²) >= 11 is 3.34. The van der Waals surface area contributed by atoms with Gasteiger partial charge in [-0.2, -0.15) is 5.26 Å². The molecule has 0 saturated carbocycles. The van der Waals surface area contributed by atoms with Crippen LogP contribution in [0.1, 0.15) is 25.8 Å². The van der Waals surface area contributed by atoms with E-state index in [2.05, 4.69) is 22.0 Å². The monoisotopic (exact) mass is 297 g/mol. The number of benzene rings is 1. The third kappa shape index (κ3) is 4.37. The number of halogens is 1. The highest BCUT2D eigenvalue weighted by Crippen LogP contribution is 2.25. The summed E-state index contributed by atoms with van der Waals surface area (Å²) in [5.74, 6) is 0.671. The van der Waals surface area contributed by atoms with Gasteiger partial charge in [-0.05, 0) is 38.5 Å². The zero-order chi connectivity index (χ0) is 12.9. The van der Waals surface area contributed by atoms with Crippen LogP contribution in [0.25, 0.3) is 0 Å². The summed E-state index contributed by atoms with van der Waals surface area (Å²) in [6.45, 7) is 4.17. The fourth-order valence-corrected chi connectivity index (χ4v) is 1.69. The van der Waals surface area contributed by atoms with Crippen molar-refractivity contribution in [3.63, 3.8) is 0 Å². The lowest BCUT2D eigenvalue weighted by Crippen LogP contribution is -2.13. The molecule has 0 fully saturated rings. The normalized spacial score (nSPS) is 11.0. The van der Waals surface area contributed by atoms with Gasteiger partial charge < -0.3 is 9.84 Å². The maximum Gasteiger partial charge on any atom is 0.124 e. The molecule has 0 bridgehead atoms. The second kappa shape index (κ2) is 6.04. The largest absolute Gasteiger partial charge is 0.493 e. The predicted molar refractivity (Wildman–Crippen MR) is 69.6 cm³/mol. The van der Waals surface area contributed by atoms with Crippen molar-refractivity contribution in [1.29, 1.82) is 5.26 Å². The van der Waals surface area contributed by atoms with Crippen molar-refractivity contribution in [2.45, 2.75) is 26.9 Å². The molecule has 0 heterocycles. The second-order valence-electron chi connectivity index (χ2n) is 4.50. The molecule has 1 aromatic rings. The molecule has 0 amide bonds. The van der Waals surface area contributed by atoms with Gasteiger partial charge in [0.1, 0.15) is 5.75 Å². The van der Waals surface area contributed by atoms with Gasteiger partial charge in [0.25, 0.3) is 0 Å². The maximum atomic E-state index is 9.20. The Morgan fingerprint density at radius 2 is 2.18 bits per heavy atom. The zero-order valence-corrected chi connectivity index (χ0v) is 11.6. The van der Waals surface area contributed by atoms with Crippen LogP contribution >= 0.6 is 15.9 Å². The standard InChI is InChI=1S/C13H16BrNO2/c1-13(2,9-15)5-6-17-12-4-3-11(14)7-10(12)8-16/h3-4,7,16H,5-6,8H2,1-2H3. The van der Waals surface area contributed by atoms with E-state index in [1.807, 2.05) is 32.0 Å². The van der Waals surface area contributed by atoms with Gasteiger partial charge in [0, 0.05) is 10.0 Å². The van der Waals surface area contributed by atoms with E-state index in [-0.39, 0.29) is 12.0 Å². The first-order valence-electron chi connectivity index (χ1n) is 5.42. The minimum absolute atomic E-state index is 0.0591. The Balaban J connectivity index is 2.61. The maximum absolute atomic E-state index is 9.20. The molecule has 92 valence electrons. The third-order valence-corrected chi connectivity index (χ3v) is 2.97. The summed E-state index contributed by atoms with van der Waals surface area (Å²) in [6, 6.07) is 7.73. The summed E-state index contributed by atoms with van der Waals surface area (Å²) < 4.78 is 6.50. The molecule has 0 atom stereocenters. The van der Waals surface area contributed by atoms with E-state index in [9.17, 15) is 5.11 Å². The van der Waals surface area contributed by atoms with Crippen LogP contribution in [-0.2, 0) is 6.61 Å². The lowest BCUT2D eigenvalue weighted by Gasteiger charge is -2.16. The Labute approximate surface area is 110 Å². The minimum Gasteiger partial charge on any atom is -0.493 e. The first-order chi connectivity index (χ1) is 7.98. The first-order valence-corrected chi connectivity index (χ1v) is 6.21. The van der Waals surface area contributed by atoms with E-state index in [0.29, 0.717) is 18.8 Å². The highest BCUT2D eigenvalue weighted by molar-refractivity contribution is 9.10. The number of rotatable bonds is 5. The molecule has 17 heavy (non-hydrogen) atoms. The molecule has 0 aliphatic rings. The molecule has 0 spiro atoms. The summed E-state index contributed by atoms with van der Waals surface area (Å²) in [4.78, 5) is 0. The molecule has 3 nitrogen and oxygen atoms in total. The van der Waals surface area contributed by atoms with Crippen molar-refractivity contribution in [3.05, 3.63) is 28.2 Å². The predicted octanol–water partition coefficient (Wildman–Crippen LogP) is 3.26. The fourth-order valence-electron chi connectivity index (χ4n) is 1.28. The highest BCUT2D eigenvalue weighted by Gasteiger charge is 2.16. The van der Waals surface area contributed by atoms with Crippen molar-refractivity contribution < 1.29 is 9.84 Å². The smallest absolute Gasteiger partial charge is 0.124 e. The molecule has 0 aliphatic heterocycles. The molecule has 0 unspecified atom stereocenters. The Morgan fingerprint density at radius 3 is 2.76 bits per heavy atom. The molecule has 4 heteroatoms. The van der Waals surface area contributed by atoms with Crippen LogP contribution in [0.3, 0.4) is 0 Å². The zero-order valence-electron chi connectivity index (χ0n) is 10.0. The van der Waals surface area contributed by atoms with Gasteiger partial charge in [-0.25, -0.2) is 0 Å². The van der Waals surface area contributed by atoms with Crippen LogP contribution in [0.4, 0.5) is 0 Å².